The summed E-state index contributed by atoms with van der Waals surface area (Å²) in [5.41, 5.74) is 22.4. The van der Waals surface area contributed by atoms with Gasteiger partial charge in [0, 0.05) is 93.4 Å². The molecule has 6 heterocycles. The van der Waals surface area contributed by atoms with Crippen molar-refractivity contribution in [3.63, 3.8) is 0 Å². The number of amides is 6. The van der Waals surface area contributed by atoms with Gasteiger partial charge in [-0.1, -0.05) is 19.1 Å². The number of likely N-dealkylation sites (tertiary alicyclic amines) is 1. The summed E-state index contributed by atoms with van der Waals surface area (Å²) in [6.07, 6.45) is 6.02. The lowest BCUT2D eigenvalue weighted by Gasteiger charge is -2.20. The number of carboxylic acids is 1. The van der Waals surface area contributed by atoms with Crippen molar-refractivity contribution in [3.8, 4) is 22.9 Å². The number of hydrogen-bond donors (Lipinski definition) is 5. The number of oxazole rings is 1. The number of rotatable bonds is 24. The number of benzene rings is 2. The topological polar surface area (TPSA) is 334 Å². The van der Waals surface area contributed by atoms with E-state index in [9.17, 15) is 33.6 Å². The smallest absolute Gasteiger partial charge is 0.321 e. The highest BCUT2D eigenvalue weighted by atomic mass is 32.2. The first-order valence-corrected chi connectivity index (χ1v) is 25.8. The van der Waals surface area contributed by atoms with Crippen LogP contribution in [-0.2, 0) is 45.2 Å². The number of aliphatic carboxylic acids is 1. The summed E-state index contributed by atoms with van der Waals surface area (Å²) in [6, 6.07) is 9.04. The Labute approximate surface area is 444 Å². The number of nitrogens with one attached hydrogen (secondary N) is 1. The SMILES string of the molecule is CCc1nc(C)oc1C(=O)Nc1nc2cc(C(N)=O)cc(OCCCN(C)C(=O)CCN3C(=O)CC(SC[C@H](N)C(=O)O)C3=O)c2n1C/C=C/Cn1c2cc(-c3cc(C)nn3CC)ncc2c2cc(C(N)=O)cc(OC)c21. The van der Waals surface area contributed by atoms with E-state index in [1.807, 2.05) is 54.3 Å². The van der Waals surface area contributed by atoms with Gasteiger partial charge < -0.3 is 50.2 Å². The molecular weight excluding hydrogens is 1010 g/mol. The molecule has 1 saturated heterocycles. The van der Waals surface area contributed by atoms with Crippen molar-refractivity contribution < 1.29 is 52.6 Å². The summed E-state index contributed by atoms with van der Waals surface area (Å²) in [5, 5.41) is 17.3. The normalized spacial score (nSPS) is 14.1. The number of allylic oxidation sites excluding steroid dienone is 2. The quantitative estimate of drug-likeness (QED) is 0.0322. The molecule has 6 amide bonds. The van der Waals surface area contributed by atoms with Crippen LogP contribution in [0.3, 0.4) is 0 Å². The molecule has 1 aliphatic heterocycles. The van der Waals surface area contributed by atoms with Gasteiger partial charge >= 0.3 is 5.97 Å². The third-order valence-corrected chi connectivity index (χ3v) is 14.4. The first kappa shape index (κ1) is 54.7. The number of fused-ring (bicyclic) bond motifs is 4. The van der Waals surface area contributed by atoms with Crippen LogP contribution in [0.5, 0.6) is 11.5 Å². The molecule has 1 unspecified atom stereocenters. The number of anilines is 1. The molecule has 404 valence electrons. The van der Waals surface area contributed by atoms with E-state index in [1.165, 1.54) is 24.1 Å². The first-order chi connectivity index (χ1) is 36.8. The second-order valence-corrected chi connectivity index (χ2v) is 19.5. The Bertz CT molecular complexity index is 3520. The average Bonchev–Trinajstić information content (AvgIpc) is 4.27. The lowest BCUT2D eigenvalue weighted by molar-refractivity contribution is -0.140. The Morgan fingerprint density at radius 1 is 0.961 bits per heavy atom. The molecule has 77 heavy (non-hydrogen) atoms. The number of aromatic nitrogens is 7. The predicted molar refractivity (Wildman–Crippen MR) is 285 cm³/mol. The number of imidazole rings is 1. The number of nitrogens with zero attached hydrogens (tertiary/aromatic N) is 9. The van der Waals surface area contributed by atoms with Gasteiger partial charge in [0.1, 0.15) is 23.1 Å². The van der Waals surface area contributed by atoms with E-state index in [4.69, 9.17) is 46.2 Å². The fourth-order valence-electron chi connectivity index (χ4n) is 9.18. The first-order valence-electron chi connectivity index (χ1n) is 24.7. The maximum absolute atomic E-state index is 13.9. The fraction of sp³-hybridized carbons (Fsp3) is 0.365. The summed E-state index contributed by atoms with van der Waals surface area (Å²) in [6.45, 7) is 8.52. The van der Waals surface area contributed by atoms with Gasteiger partial charge in [0.05, 0.1) is 58.3 Å². The van der Waals surface area contributed by atoms with Crippen LogP contribution in [0.15, 0.2) is 59.2 Å². The van der Waals surface area contributed by atoms with E-state index in [2.05, 4.69) is 15.4 Å². The van der Waals surface area contributed by atoms with Gasteiger partial charge in [0.25, 0.3) is 5.91 Å². The predicted octanol–water partition coefficient (Wildman–Crippen LogP) is 4.19. The Balaban J connectivity index is 1.07. The number of methoxy groups -OCH3 is 1. The number of aryl methyl sites for hydroxylation is 4. The molecule has 1 aliphatic rings. The zero-order valence-electron chi connectivity index (χ0n) is 43.3. The summed E-state index contributed by atoms with van der Waals surface area (Å²) >= 11 is 0.999. The third-order valence-electron chi connectivity index (χ3n) is 13.0. The zero-order chi connectivity index (χ0) is 55.4. The number of nitrogens with two attached hydrogens (primary N) is 3. The molecule has 2 aromatic carbocycles. The molecule has 5 aromatic heterocycles. The number of hydrogen-bond acceptors (Lipinski definition) is 16. The highest BCUT2D eigenvalue weighted by molar-refractivity contribution is 8.00. The van der Waals surface area contributed by atoms with Crippen LogP contribution in [0.4, 0.5) is 5.95 Å². The van der Waals surface area contributed by atoms with Crippen molar-refractivity contribution in [1.82, 2.24) is 43.7 Å². The Morgan fingerprint density at radius 3 is 2.36 bits per heavy atom. The van der Waals surface area contributed by atoms with Gasteiger partial charge in [-0.05, 0) is 63.1 Å². The maximum atomic E-state index is 13.9. The van der Waals surface area contributed by atoms with Crippen molar-refractivity contribution in [2.45, 2.75) is 84.3 Å². The van der Waals surface area contributed by atoms with E-state index in [0.29, 0.717) is 58.8 Å². The zero-order valence-corrected chi connectivity index (χ0v) is 44.1. The van der Waals surface area contributed by atoms with Gasteiger partial charge in [-0.25, -0.2) is 9.97 Å². The summed E-state index contributed by atoms with van der Waals surface area (Å²) in [7, 11) is 3.10. The van der Waals surface area contributed by atoms with Crippen molar-refractivity contribution in [1.29, 1.82) is 0 Å². The Kier molecular flexibility index (Phi) is 16.4. The molecule has 0 radical (unpaired) electrons. The molecule has 0 bridgehead atoms. The van der Waals surface area contributed by atoms with E-state index >= 15 is 0 Å². The monoisotopic (exact) mass is 1070 g/mol. The minimum Gasteiger partial charge on any atom is -0.495 e. The van der Waals surface area contributed by atoms with Crippen molar-refractivity contribution in [2.24, 2.45) is 17.2 Å². The van der Waals surface area contributed by atoms with Crippen molar-refractivity contribution in [2.75, 3.05) is 44.9 Å². The van der Waals surface area contributed by atoms with E-state index in [0.717, 1.165) is 39.0 Å². The number of thioether (sulfide) groups is 1. The molecule has 0 aliphatic carbocycles. The van der Waals surface area contributed by atoms with Crippen LogP contribution >= 0.6 is 11.8 Å². The van der Waals surface area contributed by atoms with Crippen LogP contribution in [0.25, 0.3) is 44.2 Å². The van der Waals surface area contributed by atoms with Crippen LogP contribution in [-0.4, -0.2) is 141 Å². The number of carbonyl (C=O) groups is 7. The number of ether oxygens (including phenoxy) is 2. The molecular formula is C52H59N13O11S. The minimum atomic E-state index is -1.21. The number of pyridine rings is 1. The lowest BCUT2D eigenvalue weighted by atomic mass is 10.1. The number of carbonyl (C=O) groups excluding carboxylic acids is 6. The molecule has 0 saturated carbocycles. The van der Waals surface area contributed by atoms with E-state index in [-0.39, 0.29) is 91.4 Å². The molecule has 24 nitrogen and oxygen atoms in total. The minimum absolute atomic E-state index is 0.0120. The second-order valence-electron chi connectivity index (χ2n) is 18.3. The van der Waals surface area contributed by atoms with Crippen molar-refractivity contribution >= 4 is 92.0 Å². The Morgan fingerprint density at radius 2 is 1.68 bits per heavy atom. The Hall–Kier alpha value is -8.58. The number of imide groups is 1. The van der Waals surface area contributed by atoms with Gasteiger partial charge in [-0.15, -0.1) is 11.8 Å². The third kappa shape index (κ3) is 11.5. The fourth-order valence-corrected chi connectivity index (χ4v) is 10.3. The van der Waals surface area contributed by atoms with Crippen molar-refractivity contribution in [3.05, 3.63) is 88.9 Å². The van der Waals surface area contributed by atoms with Crippen LogP contribution in [0.2, 0.25) is 0 Å². The van der Waals surface area contributed by atoms with Gasteiger partial charge in [0.2, 0.25) is 41.2 Å². The molecule has 2 atom stereocenters. The molecule has 8 N–H and O–H groups in total. The lowest BCUT2D eigenvalue weighted by Crippen LogP contribution is -2.37. The van der Waals surface area contributed by atoms with Crippen LogP contribution in [0, 0.1) is 13.8 Å². The van der Waals surface area contributed by atoms with E-state index < -0.39 is 46.8 Å². The van der Waals surface area contributed by atoms with E-state index in [1.54, 1.807) is 36.9 Å². The maximum Gasteiger partial charge on any atom is 0.321 e. The molecule has 25 heteroatoms. The largest absolute Gasteiger partial charge is 0.495 e. The number of primary amides is 2. The van der Waals surface area contributed by atoms with Gasteiger partial charge in [0.15, 0.2) is 5.89 Å². The average molecular weight is 1070 g/mol. The molecule has 7 aromatic rings. The van der Waals surface area contributed by atoms with Crippen LogP contribution in [0.1, 0.15) is 81.7 Å². The summed E-state index contributed by atoms with van der Waals surface area (Å²) in [4.78, 5) is 106. The number of carboxylic acid groups (broad SMARTS) is 1. The van der Waals surface area contributed by atoms with Crippen LogP contribution < -0.4 is 32.0 Å². The van der Waals surface area contributed by atoms with Gasteiger partial charge in [-0.3, -0.25) is 53.4 Å². The van der Waals surface area contributed by atoms with Gasteiger partial charge in [-0.2, -0.15) is 5.10 Å². The summed E-state index contributed by atoms with van der Waals surface area (Å²) in [5.74, 6) is -3.51. The second kappa shape index (κ2) is 23.1. The molecule has 0 spiro atoms. The molecule has 1 fully saturated rings. The molecule has 8 rings (SSSR count). The summed E-state index contributed by atoms with van der Waals surface area (Å²) < 4.78 is 23.6. The standard InChI is InChI=1S/C52H59N13O11S/c1-7-34-46(76-28(4)57-34)49(70)59-52-58-36-20-30(48(55)69)22-40(75-17-11-13-61(5)42(66)12-16-63-43(67)24-41(50(63)71)77-26-33(53)51(72)73)45(36)64(52)15-10-9-14-62-37-23-35(38-18-27(3)60-65(38)8-2)56-25-32(37)31-19-29(47(54)68)21-39(74-6)44(31)62/h9-10,18-23,25,33,41H,7-8,11-17,24,26,53H2,1-6H3,(H2,54,68)(H2,55,69)(H,72,73)(H,58,59,70)/b10-9+/t33-,41?/m0/s1. The highest BCUT2D eigenvalue weighted by Crippen LogP contribution is 2.38. The highest BCUT2D eigenvalue weighted by Gasteiger charge is 2.39.